The zero-order valence-electron chi connectivity index (χ0n) is 10.8. The number of aryl methyl sites for hydroxylation is 2. The van der Waals surface area contributed by atoms with Crippen molar-refractivity contribution in [1.29, 1.82) is 0 Å². The van der Waals surface area contributed by atoms with Crippen LogP contribution in [-0.2, 0) is 9.53 Å². The van der Waals surface area contributed by atoms with Crippen molar-refractivity contribution < 1.29 is 14.6 Å². The molecule has 1 heterocycles. The van der Waals surface area contributed by atoms with E-state index in [1.54, 1.807) is 0 Å². The highest BCUT2D eigenvalue weighted by Crippen LogP contribution is 2.28. The fraction of sp³-hybridized carbons (Fsp3) is 0.500. The van der Waals surface area contributed by atoms with Crippen molar-refractivity contribution >= 4 is 11.7 Å². The van der Waals surface area contributed by atoms with Gasteiger partial charge in [0.2, 0.25) is 0 Å². The van der Waals surface area contributed by atoms with E-state index < -0.39 is 5.97 Å². The van der Waals surface area contributed by atoms with Crippen molar-refractivity contribution in [2.75, 3.05) is 24.7 Å². The lowest BCUT2D eigenvalue weighted by Crippen LogP contribution is -2.47. The summed E-state index contributed by atoms with van der Waals surface area (Å²) in [5.74, 6) is -0.776. The van der Waals surface area contributed by atoms with Crippen molar-refractivity contribution in [3.63, 3.8) is 0 Å². The van der Waals surface area contributed by atoms with Gasteiger partial charge in [0.25, 0.3) is 0 Å². The average molecular weight is 249 g/mol. The third-order valence-electron chi connectivity index (χ3n) is 3.36. The second-order valence-corrected chi connectivity index (χ2v) is 4.76. The van der Waals surface area contributed by atoms with Crippen LogP contribution in [0.15, 0.2) is 18.2 Å². The minimum Gasteiger partial charge on any atom is -0.481 e. The van der Waals surface area contributed by atoms with E-state index in [1.807, 2.05) is 6.07 Å². The molecular weight excluding hydrogens is 230 g/mol. The third-order valence-corrected chi connectivity index (χ3v) is 3.36. The van der Waals surface area contributed by atoms with Crippen molar-refractivity contribution in [1.82, 2.24) is 0 Å². The maximum absolute atomic E-state index is 10.9. The Balaban J connectivity index is 2.30. The van der Waals surface area contributed by atoms with Crippen LogP contribution >= 0.6 is 0 Å². The summed E-state index contributed by atoms with van der Waals surface area (Å²) in [6.07, 6.45) is 0.119. The topological polar surface area (TPSA) is 49.8 Å². The molecule has 1 aromatic rings. The molecule has 1 atom stereocenters. The Kier molecular flexibility index (Phi) is 3.87. The second-order valence-electron chi connectivity index (χ2n) is 4.76. The first-order valence-corrected chi connectivity index (χ1v) is 6.22. The van der Waals surface area contributed by atoms with E-state index in [0.717, 1.165) is 12.2 Å². The molecule has 0 bridgehead atoms. The smallest absolute Gasteiger partial charge is 0.305 e. The van der Waals surface area contributed by atoms with Gasteiger partial charge in [0.15, 0.2) is 0 Å². The summed E-state index contributed by atoms with van der Waals surface area (Å²) >= 11 is 0. The number of anilines is 1. The zero-order chi connectivity index (χ0) is 13.1. The van der Waals surface area contributed by atoms with Gasteiger partial charge in [-0.25, -0.2) is 0 Å². The number of carbonyl (C=O) groups is 1. The Bertz CT molecular complexity index is 424. The van der Waals surface area contributed by atoms with Gasteiger partial charge in [-0.2, -0.15) is 0 Å². The monoisotopic (exact) mass is 249 g/mol. The molecule has 1 N–H and O–H groups in total. The zero-order valence-corrected chi connectivity index (χ0v) is 10.8. The third kappa shape index (κ3) is 2.64. The van der Waals surface area contributed by atoms with Crippen LogP contribution in [0.3, 0.4) is 0 Å². The van der Waals surface area contributed by atoms with Gasteiger partial charge in [0, 0.05) is 12.2 Å². The van der Waals surface area contributed by atoms with Gasteiger partial charge in [0.1, 0.15) is 0 Å². The molecule has 0 aromatic heterocycles. The molecule has 4 nitrogen and oxygen atoms in total. The van der Waals surface area contributed by atoms with Crippen molar-refractivity contribution in [3.05, 3.63) is 29.3 Å². The summed E-state index contributed by atoms with van der Waals surface area (Å²) < 4.78 is 5.41. The molecule has 1 fully saturated rings. The summed E-state index contributed by atoms with van der Waals surface area (Å²) in [6.45, 7) is 6.03. The van der Waals surface area contributed by atoms with Crippen LogP contribution in [0, 0.1) is 13.8 Å². The normalized spacial score (nSPS) is 19.9. The largest absolute Gasteiger partial charge is 0.481 e. The fourth-order valence-electron chi connectivity index (χ4n) is 2.58. The predicted molar refractivity (Wildman–Crippen MR) is 70.1 cm³/mol. The standard InChI is InChI=1S/C14H19NO3/c1-10-4-3-5-11(2)14(10)15-6-7-18-9-12(15)8-13(16)17/h3-5,12H,6-9H2,1-2H3,(H,16,17). The molecule has 0 saturated carbocycles. The highest BCUT2D eigenvalue weighted by Gasteiger charge is 2.27. The molecule has 1 aliphatic rings. The molecule has 1 aromatic carbocycles. The predicted octanol–water partition coefficient (Wildman–Crippen LogP) is 1.98. The van der Waals surface area contributed by atoms with Gasteiger partial charge in [-0.1, -0.05) is 18.2 Å². The molecule has 1 saturated heterocycles. The Morgan fingerprint density at radius 1 is 1.44 bits per heavy atom. The number of hydrogen-bond acceptors (Lipinski definition) is 3. The van der Waals surface area contributed by atoms with Crippen LogP contribution in [0.1, 0.15) is 17.5 Å². The Morgan fingerprint density at radius 2 is 2.11 bits per heavy atom. The molecule has 0 aliphatic carbocycles. The van der Waals surface area contributed by atoms with Crippen LogP contribution in [0.2, 0.25) is 0 Å². The summed E-state index contributed by atoms with van der Waals surface area (Å²) in [5.41, 5.74) is 3.53. The number of benzene rings is 1. The van der Waals surface area contributed by atoms with Gasteiger partial charge in [0.05, 0.1) is 25.7 Å². The van der Waals surface area contributed by atoms with Crippen LogP contribution < -0.4 is 4.90 Å². The summed E-state index contributed by atoms with van der Waals surface area (Å²) in [5, 5.41) is 8.99. The van der Waals surface area contributed by atoms with Crippen molar-refractivity contribution in [2.24, 2.45) is 0 Å². The first-order valence-electron chi connectivity index (χ1n) is 6.22. The number of hydrogen-bond donors (Lipinski definition) is 1. The molecule has 0 spiro atoms. The maximum atomic E-state index is 10.9. The summed E-state index contributed by atoms with van der Waals surface area (Å²) in [6, 6.07) is 6.09. The summed E-state index contributed by atoms with van der Waals surface area (Å²) in [7, 11) is 0. The lowest BCUT2D eigenvalue weighted by molar-refractivity contribution is -0.138. The number of para-hydroxylation sites is 1. The molecule has 18 heavy (non-hydrogen) atoms. The van der Waals surface area contributed by atoms with E-state index in [9.17, 15) is 4.79 Å². The number of carboxylic acids is 1. The minimum atomic E-state index is -0.776. The molecule has 2 rings (SSSR count). The highest BCUT2D eigenvalue weighted by molar-refractivity contribution is 5.69. The molecule has 1 aliphatic heterocycles. The van der Waals surface area contributed by atoms with E-state index in [1.165, 1.54) is 11.1 Å². The Morgan fingerprint density at radius 3 is 2.72 bits per heavy atom. The van der Waals surface area contributed by atoms with E-state index >= 15 is 0 Å². The maximum Gasteiger partial charge on any atom is 0.305 e. The number of carboxylic acid groups (broad SMARTS) is 1. The second kappa shape index (κ2) is 5.40. The molecule has 4 heteroatoms. The SMILES string of the molecule is Cc1cccc(C)c1N1CCOCC1CC(=O)O. The molecule has 0 radical (unpaired) electrons. The number of ether oxygens (including phenoxy) is 1. The Labute approximate surface area is 107 Å². The van der Waals surface area contributed by atoms with E-state index in [-0.39, 0.29) is 12.5 Å². The minimum absolute atomic E-state index is 0.0731. The first-order chi connectivity index (χ1) is 8.59. The lowest BCUT2D eigenvalue weighted by atomic mass is 10.0. The number of morpholine rings is 1. The number of rotatable bonds is 3. The molecule has 0 amide bonds. The molecule has 1 unspecified atom stereocenters. The molecule has 98 valence electrons. The van der Waals surface area contributed by atoms with E-state index in [2.05, 4.69) is 30.9 Å². The fourth-order valence-corrected chi connectivity index (χ4v) is 2.58. The van der Waals surface area contributed by atoms with Crippen molar-refractivity contribution in [2.45, 2.75) is 26.3 Å². The van der Waals surface area contributed by atoms with Gasteiger partial charge in [-0.05, 0) is 25.0 Å². The van der Waals surface area contributed by atoms with E-state index in [0.29, 0.717) is 13.2 Å². The van der Waals surface area contributed by atoms with E-state index in [4.69, 9.17) is 9.84 Å². The summed E-state index contributed by atoms with van der Waals surface area (Å²) in [4.78, 5) is 13.1. The van der Waals surface area contributed by atoms with Crippen molar-refractivity contribution in [3.8, 4) is 0 Å². The number of nitrogens with zero attached hydrogens (tertiary/aromatic N) is 1. The lowest BCUT2D eigenvalue weighted by Gasteiger charge is -2.38. The number of aliphatic carboxylic acids is 1. The van der Waals surface area contributed by atoms with Crippen LogP contribution in [0.25, 0.3) is 0 Å². The Hall–Kier alpha value is -1.55. The van der Waals surface area contributed by atoms with Crippen LogP contribution in [0.5, 0.6) is 0 Å². The van der Waals surface area contributed by atoms with Crippen LogP contribution in [0.4, 0.5) is 5.69 Å². The highest BCUT2D eigenvalue weighted by atomic mass is 16.5. The first kappa shape index (κ1) is 12.9. The average Bonchev–Trinajstić information content (AvgIpc) is 2.30. The van der Waals surface area contributed by atoms with Gasteiger partial charge in [-0.3, -0.25) is 4.79 Å². The van der Waals surface area contributed by atoms with Gasteiger partial charge < -0.3 is 14.7 Å². The molecular formula is C14H19NO3. The van der Waals surface area contributed by atoms with Crippen LogP contribution in [-0.4, -0.2) is 36.9 Å². The quantitative estimate of drug-likeness (QED) is 0.890. The van der Waals surface area contributed by atoms with Gasteiger partial charge >= 0.3 is 5.97 Å². The van der Waals surface area contributed by atoms with Gasteiger partial charge in [-0.15, -0.1) is 0 Å².